The van der Waals surface area contributed by atoms with Gasteiger partial charge < -0.3 is 10.4 Å². The van der Waals surface area contributed by atoms with E-state index in [4.69, 9.17) is 0 Å². The van der Waals surface area contributed by atoms with E-state index in [1.807, 2.05) is 0 Å². The van der Waals surface area contributed by atoms with Crippen molar-refractivity contribution in [1.82, 2.24) is 10.0 Å². The van der Waals surface area contributed by atoms with Crippen LogP contribution in [0, 0.1) is 0 Å². The summed E-state index contributed by atoms with van der Waals surface area (Å²) >= 11 is 0. The monoisotopic (exact) mass is 326 g/mol. The lowest BCUT2D eigenvalue weighted by molar-refractivity contribution is -0.144. The van der Waals surface area contributed by atoms with Crippen molar-refractivity contribution in [3.63, 3.8) is 0 Å². The van der Waals surface area contributed by atoms with Crippen molar-refractivity contribution < 1.29 is 23.1 Å². The van der Waals surface area contributed by atoms with E-state index in [1.165, 1.54) is 31.3 Å². The van der Waals surface area contributed by atoms with Crippen LogP contribution in [0.2, 0.25) is 0 Å². The van der Waals surface area contributed by atoms with Gasteiger partial charge in [-0.3, -0.25) is 4.79 Å². The Morgan fingerprint density at radius 3 is 2.14 bits per heavy atom. The molecule has 1 saturated carbocycles. The molecule has 0 aromatic heterocycles. The van der Waals surface area contributed by atoms with Crippen molar-refractivity contribution in [2.75, 3.05) is 7.05 Å². The molecule has 1 amide bonds. The summed E-state index contributed by atoms with van der Waals surface area (Å²) in [4.78, 5) is 23.7. The van der Waals surface area contributed by atoms with Gasteiger partial charge in [-0.25, -0.2) is 17.9 Å². The quantitative estimate of drug-likeness (QED) is 0.738. The highest BCUT2D eigenvalue weighted by Crippen LogP contribution is 2.30. The molecule has 1 aromatic carbocycles. The van der Waals surface area contributed by atoms with Crippen molar-refractivity contribution in [2.45, 2.75) is 36.1 Å². The summed E-state index contributed by atoms with van der Waals surface area (Å²) in [6, 6.07) is 5.35. The summed E-state index contributed by atoms with van der Waals surface area (Å²) in [7, 11) is -2.27. The first-order valence-corrected chi connectivity index (χ1v) is 8.39. The van der Waals surface area contributed by atoms with Crippen LogP contribution in [0.1, 0.15) is 36.0 Å². The molecule has 0 aliphatic heterocycles. The Bertz CT molecular complexity index is 676. The third-order valence-corrected chi connectivity index (χ3v) is 5.35. The second kappa shape index (κ2) is 6.05. The first kappa shape index (κ1) is 16.4. The highest BCUT2D eigenvalue weighted by molar-refractivity contribution is 7.89. The van der Waals surface area contributed by atoms with Crippen LogP contribution in [0.25, 0.3) is 0 Å². The maximum Gasteiger partial charge on any atom is 0.329 e. The van der Waals surface area contributed by atoms with Crippen molar-refractivity contribution in [3.05, 3.63) is 29.8 Å². The molecule has 0 bridgehead atoms. The molecular weight excluding hydrogens is 308 g/mol. The number of hydrogen-bond donors (Lipinski definition) is 3. The number of carbonyl (C=O) groups excluding carboxylic acids is 1. The zero-order valence-corrected chi connectivity index (χ0v) is 12.9. The summed E-state index contributed by atoms with van der Waals surface area (Å²) < 4.78 is 25.4. The zero-order valence-electron chi connectivity index (χ0n) is 12.1. The fraction of sp³-hybridized carbons (Fsp3) is 0.429. The number of carboxylic acids is 1. The van der Waals surface area contributed by atoms with Crippen LogP contribution in [0.4, 0.5) is 0 Å². The minimum absolute atomic E-state index is 0.0420. The Kier molecular flexibility index (Phi) is 4.52. The average molecular weight is 326 g/mol. The average Bonchev–Trinajstić information content (AvgIpc) is 2.97. The lowest BCUT2D eigenvalue weighted by atomic mass is 9.97. The molecular formula is C14H18N2O5S. The minimum Gasteiger partial charge on any atom is -0.480 e. The van der Waals surface area contributed by atoms with Gasteiger partial charge in [-0.2, -0.15) is 0 Å². The Balaban J connectivity index is 2.18. The summed E-state index contributed by atoms with van der Waals surface area (Å²) in [6.45, 7) is 0. The summed E-state index contributed by atoms with van der Waals surface area (Å²) in [5.74, 6) is -1.55. The van der Waals surface area contributed by atoms with Crippen molar-refractivity contribution in [2.24, 2.45) is 0 Å². The SMILES string of the molecule is CNS(=O)(=O)c1ccc(C(=O)NC2(C(=O)O)CCCC2)cc1. The van der Waals surface area contributed by atoms with E-state index in [2.05, 4.69) is 10.0 Å². The molecule has 0 spiro atoms. The van der Waals surface area contributed by atoms with Crippen LogP contribution in [0.3, 0.4) is 0 Å². The third kappa shape index (κ3) is 3.12. The molecule has 0 unspecified atom stereocenters. The number of sulfonamides is 1. The van der Waals surface area contributed by atoms with Gasteiger partial charge in [0.25, 0.3) is 5.91 Å². The molecule has 1 aliphatic carbocycles. The van der Waals surface area contributed by atoms with Crippen LogP contribution in [0.15, 0.2) is 29.2 Å². The summed E-state index contributed by atoms with van der Waals surface area (Å²) in [5, 5.41) is 11.9. The van der Waals surface area contributed by atoms with Gasteiger partial charge in [-0.15, -0.1) is 0 Å². The molecule has 1 fully saturated rings. The summed E-state index contributed by atoms with van der Waals surface area (Å²) in [6.07, 6.45) is 2.32. The van der Waals surface area contributed by atoms with Crippen LogP contribution < -0.4 is 10.0 Å². The molecule has 0 atom stereocenters. The van der Waals surface area contributed by atoms with Gasteiger partial charge in [-0.05, 0) is 44.2 Å². The zero-order chi connectivity index (χ0) is 16.4. The van der Waals surface area contributed by atoms with Gasteiger partial charge in [0, 0.05) is 5.56 Å². The molecule has 120 valence electrons. The number of carboxylic acid groups (broad SMARTS) is 1. The van der Waals surface area contributed by atoms with Gasteiger partial charge in [0.2, 0.25) is 10.0 Å². The largest absolute Gasteiger partial charge is 0.480 e. The highest BCUT2D eigenvalue weighted by Gasteiger charge is 2.42. The standard InChI is InChI=1S/C14H18N2O5S/c1-15-22(20,21)11-6-4-10(5-7-11)12(17)16-14(13(18)19)8-2-3-9-14/h4-7,15H,2-3,8-9H2,1H3,(H,16,17)(H,18,19). The highest BCUT2D eigenvalue weighted by atomic mass is 32.2. The number of benzene rings is 1. The van der Waals surface area contributed by atoms with E-state index in [-0.39, 0.29) is 10.5 Å². The predicted molar refractivity (Wildman–Crippen MR) is 79.0 cm³/mol. The molecule has 3 N–H and O–H groups in total. The van der Waals surface area contributed by atoms with E-state index < -0.39 is 27.4 Å². The number of amides is 1. The molecule has 7 nitrogen and oxygen atoms in total. The number of nitrogens with one attached hydrogen (secondary N) is 2. The molecule has 1 aliphatic rings. The second-order valence-electron chi connectivity index (χ2n) is 5.28. The normalized spacial score (nSPS) is 17.1. The maximum atomic E-state index is 12.2. The molecule has 8 heteroatoms. The van der Waals surface area contributed by atoms with E-state index in [0.29, 0.717) is 12.8 Å². The first-order valence-electron chi connectivity index (χ1n) is 6.90. The van der Waals surface area contributed by atoms with E-state index in [0.717, 1.165) is 12.8 Å². The van der Waals surface area contributed by atoms with E-state index in [1.54, 1.807) is 0 Å². The number of rotatable bonds is 5. The van der Waals surface area contributed by atoms with Gasteiger partial charge in [0.15, 0.2) is 0 Å². The van der Waals surface area contributed by atoms with Crippen LogP contribution in [0.5, 0.6) is 0 Å². The van der Waals surface area contributed by atoms with Crippen LogP contribution in [-0.2, 0) is 14.8 Å². The molecule has 0 heterocycles. The molecule has 2 rings (SSSR count). The Hall–Kier alpha value is -1.93. The number of hydrogen-bond acceptors (Lipinski definition) is 4. The number of aliphatic carboxylic acids is 1. The maximum absolute atomic E-state index is 12.2. The number of carbonyl (C=O) groups is 2. The Morgan fingerprint density at radius 1 is 1.14 bits per heavy atom. The topological polar surface area (TPSA) is 113 Å². The van der Waals surface area contributed by atoms with Gasteiger partial charge in [0.1, 0.15) is 5.54 Å². The van der Waals surface area contributed by atoms with E-state index >= 15 is 0 Å². The summed E-state index contributed by atoms with van der Waals surface area (Å²) in [5.41, 5.74) is -0.991. The van der Waals surface area contributed by atoms with Gasteiger partial charge >= 0.3 is 5.97 Å². The molecule has 22 heavy (non-hydrogen) atoms. The molecule has 0 radical (unpaired) electrons. The van der Waals surface area contributed by atoms with E-state index in [9.17, 15) is 23.1 Å². The molecule has 0 saturated heterocycles. The lowest BCUT2D eigenvalue weighted by Crippen LogP contribution is -2.52. The predicted octanol–water partition coefficient (Wildman–Crippen LogP) is 0.722. The minimum atomic E-state index is -3.56. The fourth-order valence-electron chi connectivity index (χ4n) is 2.56. The fourth-order valence-corrected chi connectivity index (χ4v) is 3.29. The van der Waals surface area contributed by atoms with Gasteiger partial charge in [0.05, 0.1) is 4.90 Å². The second-order valence-corrected chi connectivity index (χ2v) is 7.17. The smallest absolute Gasteiger partial charge is 0.329 e. The van der Waals surface area contributed by atoms with Crippen LogP contribution >= 0.6 is 0 Å². The Labute approximate surface area is 128 Å². The van der Waals surface area contributed by atoms with Gasteiger partial charge in [-0.1, -0.05) is 12.8 Å². The molecule has 1 aromatic rings. The third-order valence-electron chi connectivity index (χ3n) is 3.91. The lowest BCUT2D eigenvalue weighted by Gasteiger charge is -2.25. The first-order chi connectivity index (χ1) is 10.3. The van der Waals surface area contributed by atoms with Crippen molar-refractivity contribution >= 4 is 21.9 Å². The van der Waals surface area contributed by atoms with Crippen molar-refractivity contribution in [1.29, 1.82) is 0 Å². The van der Waals surface area contributed by atoms with Crippen LogP contribution in [-0.4, -0.2) is 38.0 Å². The van der Waals surface area contributed by atoms with Crippen molar-refractivity contribution in [3.8, 4) is 0 Å². The Morgan fingerprint density at radius 2 is 1.68 bits per heavy atom.